The van der Waals surface area contributed by atoms with Gasteiger partial charge in [0.15, 0.2) is 5.75 Å². The van der Waals surface area contributed by atoms with Gasteiger partial charge in [-0.1, -0.05) is 0 Å². The summed E-state index contributed by atoms with van der Waals surface area (Å²) in [6.45, 7) is 6.57. The Morgan fingerprint density at radius 2 is 1.89 bits per heavy atom. The first-order valence-corrected chi connectivity index (χ1v) is 13.7. The van der Waals surface area contributed by atoms with E-state index in [0.29, 0.717) is 5.92 Å². The summed E-state index contributed by atoms with van der Waals surface area (Å²) in [5, 5.41) is 28.1. The van der Waals surface area contributed by atoms with Crippen molar-refractivity contribution in [3.05, 3.63) is 36.5 Å². The molecule has 198 valence electrons. The van der Waals surface area contributed by atoms with Gasteiger partial charge < -0.3 is 10.1 Å². The van der Waals surface area contributed by atoms with Crippen LogP contribution in [-0.2, 0) is 12.6 Å². The van der Waals surface area contributed by atoms with Crippen molar-refractivity contribution in [2.75, 3.05) is 11.9 Å². The van der Waals surface area contributed by atoms with Crippen LogP contribution in [0, 0.1) is 11.3 Å². The predicted molar refractivity (Wildman–Crippen MR) is 145 cm³/mol. The number of pyridine rings is 1. The van der Waals surface area contributed by atoms with E-state index in [1.54, 1.807) is 10.9 Å². The van der Waals surface area contributed by atoms with Gasteiger partial charge in [0, 0.05) is 48.9 Å². The lowest BCUT2D eigenvalue weighted by molar-refractivity contribution is 0.130. The van der Waals surface area contributed by atoms with Crippen LogP contribution in [0.25, 0.3) is 22.2 Å². The van der Waals surface area contributed by atoms with E-state index in [2.05, 4.69) is 44.2 Å². The van der Waals surface area contributed by atoms with Crippen LogP contribution in [0.1, 0.15) is 76.9 Å². The van der Waals surface area contributed by atoms with E-state index in [4.69, 9.17) is 9.84 Å². The van der Waals surface area contributed by atoms with Crippen molar-refractivity contribution < 1.29 is 4.74 Å². The minimum Gasteiger partial charge on any atom is -0.487 e. The predicted octanol–water partition coefficient (Wildman–Crippen LogP) is 5.16. The Labute approximate surface area is 222 Å². The summed E-state index contributed by atoms with van der Waals surface area (Å²) in [4.78, 5) is 4.63. The van der Waals surface area contributed by atoms with Gasteiger partial charge in [0.2, 0.25) is 0 Å². The van der Waals surface area contributed by atoms with E-state index in [0.717, 1.165) is 71.6 Å². The molecule has 2 saturated carbocycles. The van der Waals surface area contributed by atoms with Crippen molar-refractivity contribution in [1.29, 1.82) is 5.26 Å². The number of aromatic nitrogens is 7. The highest BCUT2D eigenvalue weighted by Gasteiger charge is 2.32. The van der Waals surface area contributed by atoms with Crippen LogP contribution in [0.5, 0.6) is 5.75 Å². The van der Waals surface area contributed by atoms with Crippen LogP contribution in [0.2, 0.25) is 0 Å². The van der Waals surface area contributed by atoms with Gasteiger partial charge in [-0.3, -0.25) is 14.0 Å². The molecule has 4 heterocycles. The molecule has 38 heavy (non-hydrogen) atoms. The van der Waals surface area contributed by atoms with E-state index >= 15 is 0 Å². The molecule has 0 saturated heterocycles. The molecule has 10 heteroatoms. The molecule has 0 unspecified atom stereocenters. The smallest absolute Gasteiger partial charge is 0.161 e. The number of ether oxygens (including phenoxy) is 1. The monoisotopic (exact) mass is 513 g/mol. The maximum atomic E-state index is 9.55. The molecule has 4 aromatic heterocycles. The molecule has 4 aromatic rings. The maximum absolute atomic E-state index is 9.55. The molecule has 0 spiro atoms. The molecule has 2 aliphatic rings. The second-order valence-electron chi connectivity index (χ2n) is 11.1. The number of rotatable bonds is 8. The van der Waals surface area contributed by atoms with Crippen LogP contribution in [-0.4, -0.2) is 47.0 Å². The zero-order chi connectivity index (χ0) is 26.4. The van der Waals surface area contributed by atoms with Crippen molar-refractivity contribution in [2.24, 2.45) is 7.05 Å². The largest absolute Gasteiger partial charge is 0.487 e. The number of anilines is 1. The van der Waals surface area contributed by atoms with Gasteiger partial charge >= 0.3 is 0 Å². The summed E-state index contributed by atoms with van der Waals surface area (Å²) in [5.74, 6) is 2.37. The zero-order valence-electron chi connectivity index (χ0n) is 22.6. The molecule has 0 radical (unpaired) electrons. The van der Waals surface area contributed by atoms with Crippen LogP contribution in [0.3, 0.4) is 0 Å². The highest BCUT2D eigenvalue weighted by atomic mass is 16.5. The minimum absolute atomic E-state index is 0.194. The molecule has 0 amide bonds. The third kappa shape index (κ3) is 4.51. The first-order valence-electron chi connectivity index (χ1n) is 13.7. The van der Waals surface area contributed by atoms with E-state index < -0.39 is 5.54 Å². The summed E-state index contributed by atoms with van der Waals surface area (Å²) in [6, 6.07) is 4.68. The van der Waals surface area contributed by atoms with Gasteiger partial charge in [0.1, 0.15) is 22.7 Å². The quantitative estimate of drug-likeness (QED) is 0.346. The summed E-state index contributed by atoms with van der Waals surface area (Å²) in [6.07, 6.45) is 14.2. The number of nitrogens with zero attached hydrogens (tertiary/aromatic N) is 8. The Kier molecular flexibility index (Phi) is 6.09. The van der Waals surface area contributed by atoms with Crippen molar-refractivity contribution >= 4 is 16.7 Å². The van der Waals surface area contributed by atoms with Crippen molar-refractivity contribution in [1.82, 2.24) is 34.3 Å². The van der Waals surface area contributed by atoms with Gasteiger partial charge in [-0.25, -0.2) is 4.98 Å². The Morgan fingerprint density at radius 3 is 2.61 bits per heavy atom. The van der Waals surface area contributed by atoms with E-state index in [1.807, 2.05) is 44.2 Å². The molecule has 6 rings (SSSR count). The number of hydrogen-bond acceptors (Lipinski definition) is 7. The molecule has 10 nitrogen and oxygen atoms in total. The van der Waals surface area contributed by atoms with Gasteiger partial charge in [0.25, 0.3) is 0 Å². The Hall–Kier alpha value is -3.87. The lowest BCUT2D eigenvalue weighted by atomic mass is 9.93. The van der Waals surface area contributed by atoms with Gasteiger partial charge in [-0.05, 0) is 59.3 Å². The maximum Gasteiger partial charge on any atom is 0.161 e. The van der Waals surface area contributed by atoms with Crippen LogP contribution < -0.4 is 10.1 Å². The van der Waals surface area contributed by atoms with Gasteiger partial charge in [0.05, 0.1) is 36.1 Å². The fourth-order valence-electron chi connectivity index (χ4n) is 5.41. The molecular weight excluding hydrogens is 478 g/mol. The van der Waals surface area contributed by atoms with E-state index in [9.17, 15) is 5.26 Å². The summed E-state index contributed by atoms with van der Waals surface area (Å²) in [5.41, 5.74) is 3.18. The first-order chi connectivity index (χ1) is 18.4. The molecule has 0 aromatic carbocycles. The second kappa shape index (κ2) is 9.46. The average molecular weight is 514 g/mol. The molecule has 2 fully saturated rings. The van der Waals surface area contributed by atoms with Crippen molar-refractivity contribution in [2.45, 2.75) is 82.9 Å². The Balaban J connectivity index is 1.27. The third-order valence-electron chi connectivity index (χ3n) is 7.72. The van der Waals surface area contributed by atoms with Crippen molar-refractivity contribution in [3.63, 3.8) is 0 Å². The number of aryl methyl sites for hydroxylation is 1. The van der Waals surface area contributed by atoms with Crippen LogP contribution in [0.4, 0.5) is 5.82 Å². The van der Waals surface area contributed by atoms with E-state index in [1.165, 1.54) is 12.8 Å². The molecular formula is C28H35N9O. The summed E-state index contributed by atoms with van der Waals surface area (Å²) >= 11 is 0. The van der Waals surface area contributed by atoms with Crippen molar-refractivity contribution in [3.8, 4) is 23.1 Å². The number of nitrogens with one attached hydrogen (secondary N) is 1. The average Bonchev–Trinajstić information content (AvgIpc) is 3.32. The highest BCUT2D eigenvalue weighted by Crippen LogP contribution is 2.44. The standard InChI is InChI=1S/C28H35N9O/c1-5-30-25-12-23-22(14-31-25)26(19-13-32-36(15-19)28(2,3)17-29)34-37(23)20-8-10-21(11-9-20)38-24-16-35(4)33-27(24)18-6-7-18/h12-16,18,20-21H,5-11H2,1-4H3,(H,30,31). The fraction of sp³-hybridized carbons (Fsp3) is 0.536. The minimum atomic E-state index is -0.737. The molecule has 2 aliphatic carbocycles. The third-order valence-corrected chi connectivity index (χ3v) is 7.72. The normalized spacial score (nSPS) is 20.0. The Morgan fingerprint density at radius 1 is 1.11 bits per heavy atom. The fourth-order valence-corrected chi connectivity index (χ4v) is 5.41. The summed E-state index contributed by atoms with van der Waals surface area (Å²) < 4.78 is 12.2. The molecule has 0 bridgehead atoms. The zero-order valence-corrected chi connectivity index (χ0v) is 22.6. The SMILES string of the molecule is CCNc1cc2c(cn1)c(-c1cnn(C(C)(C)C#N)c1)nn2C1CCC(Oc2cn(C)nc2C2CC2)CC1. The van der Waals surface area contributed by atoms with E-state index in [-0.39, 0.29) is 12.1 Å². The van der Waals surface area contributed by atoms with Crippen LogP contribution >= 0.6 is 0 Å². The van der Waals surface area contributed by atoms with Gasteiger partial charge in [-0.15, -0.1) is 0 Å². The molecule has 0 atom stereocenters. The van der Waals surface area contributed by atoms with Crippen LogP contribution in [0.15, 0.2) is 30.9 Å². The Bertz CT molecular complexity index is 1490. The topological polar surface area (TPSA) is 111 Å². The summed E-state index contributed by atoms with van der Waals surface area (Å²) in [7, 11) is 1.97. The number of hydrogen-bond donors (Lipinski definition) is 1. The molecule has 0 aliphatic heterocycles. The lowest BCUT2D eigenvalue weighted by Crippen LogP contribution is -2.26. The van der Waals surface area contributed by atoms with Gasteiger partial charge in [-0.2, -0.15) is 20.6 Å². The lowest BCUT2D eigenvalue weighted by Gasteiger charge is -2.29. The number of nitriles is 1. The first kappa shape index (κ1) is 24.5. The second-order valence-corrected chi connectivity index (χ2v) is 11.1. The number of fused-ring (bicyclic) bond motifs is 1. The highest BCUT2D eigenvalue weighted by molar-refractivity contribution is 5.93. The molecule has 1 N–H and O–H groups in total.